The first-order valence-electron chi connectivity index (χ1n) is 12.1. The van der Waals surface area contributed by atoms with E-state index in [-0.39, 0.29) is 4.90 Å². The maximum atomic E-state index is 13.5. The number of amides is 1. The molecule has 0 atom stereocenters. The van der Waals surface area contributed by atoms with E-state index in [4.69, 9.17) is 4.74 Å². The minimum atomic E-state index is -4.00. The van der Waals surface area contributed by atoms with Crippen LogP contribution in [0.3, 0.4) is 0 Å². The number of nitrogens with zero attached hydrogens (tertiary/aromatic N) is 2. The van der Waals surface area contributed by atoms with E-state index in [1.54, 1.807) is 48.7 Å². The summed E-state index contributed by atoms with van der Waals surface area (Å²) in [6, 6.07) is 25.0. The Labute approximate surface area is 216 Å². The number of carbonyl (C=O) groups excluding carboxylic acids is 1. The lowest BCUT2D eigenvalue weighted by molar-refractivity contribution is -0.119. The first kappa shape index (κ1) is 24.5. The van der Waals surface area contributed by atoms with E-state index in [1.165, 1.54) is 28.6 Å². The highest BCUT2D eigenvalue weighted by Crippen LogP contribution is 2.32. The summed E-state index contributed by atoms with van der Waals surface area (Å²) in [5, 5.41) is 6.49. The van der Waals surface area contributed by atoms with Crippen LogP contribution in [0.2, 0.25) is 0 Å². The van der Waals surface area contributed by atoms with E-state index in [0.717, 1.165) is 28.1 Å². The fourth-order valence-electron chi connectivity index (χ4n) is 4.63. The number of sulfonamides is 1. The van der Waals surface area contributed by atoms with Gasteiger partial charge in [0.2, 0.25) is 0 Å². The Bertz CT molecular complexity index is 1560. The van der Waals surface area contributed by atoms with Crippen molar-refractivity contribution in [3.8, 4) is 5.75 Å². The van der Waals surface area contributed by atoms with Crippen molar-refractivity contribution >= 4 is 38.6 Å². The number of carbonyl (C=O) groups is 1. The molecule has 0 saturated heterocycles. The van der Waals surface area contributed by atoms with Crippen molar-refractivity contribution in [1.29, 1.82) is 0 Å². The van der Waals surface area contributed by atoms with Gasteiger partial charge < -0.3 is 4.74 Å². The second kappa shape index (κ2) is 10.4. The SMILES string of the molecule is CCOc1ccc(N(CC(=O)N/N=C/c2ccc3c4c(cccc24)CC3)S(=O)(=O)c2ccccc2)cc1. The van der Waals surface area contributed by atoms with Gasteiger partial charge in [0, 0.05) is 5.56 Å². The first-order valence-corrected chi connectivity index (χ1v) is 13.6. The smallest absolute Gasteiger partial charge is 0.264 e. The van der Waals surface area contributed by atoms with E-state index in [2.05, 4.69) is 28.7 Å². The molecule has 0 fully saturated rings. The molecule has 4 aromatic rings. The Morgan fingerprint density at radius 3 is 2.41 bits per heavy atom. The van der Waals surface area contributed by atoms with Crippen molar-refractivity contribution in [3.05, 3.63) is 102 Å². The summed E-state index contributed by atoms with van der Waals surface area (Å²) in [6.45, 7) is 1.92. The quantitative estimate of drug-likeness (QED) is 0.260. The predicted octanol–water partition coefficient (Wildman–Crippen LogP) is 4.68. The van der Waals surface area contributed by atoms with Crippen molar-refractivity contribution < 1.29 is 17.9 Å². The average Bonchev–Trinajstić information content (AvgIpc) is 3.34. The summed E-state index contributed by atoms with van der Waals surface area (Å²) in [7, 11) is -4.00. The van der Waals surface area contributed by atoms with Gasteiger partial charge in [-0.1, -0.05) is 48.5 Å². The van der Waals surface area contributed by atoms with E-state index >= 15 is 0 Å². The summed E-state index contributed by atoms with van der Waals surface area (Å²) in [5.74, 6) is 0.0540. The number of benzene rings is 4. The van der Waals surface area contributed by atoms with Gasteiger partial charge in [-0.3, -0.25) is 9.10 Å². The lowest BCUT2D eigenvalue weighted by Gasteiger charge is -2.24. The van der Waals surface area contributed by atoms with Crippen LogP contribution in [0.25, 0.3) is 10.8 Å². The maximum Gasteiger partial charge on any atom is 0.264 e. The van der Waals surface area contributed by atoms with E-state index in [9.17, 15) is 13.2 Å². The van der Waals surface area contributed by atoms with Crippen molar-refractivity contribution in [2.45, 2.75) is 24.7 Å². The van der Waals surface area contributed by atoms with Crippen LogP contribution in [0.4, 0.5) is 5.69 Å². The highest BCUT2D eigenvalue weighted by molar-refractivity contribution is 7.92. The van der Waals surface area contributed by atoms with Gasteiger partial charge in [-0.2, -0.15) is 5.10 Å². The number of aryl methyl sites for hydroxylation is 2. The Morgan fingerprint density at radius 2 is 1.68 bits per heavy atom. The Kier molecular flexibility index (Phi) is 6.92. The third-order valence-electron chi connectivity index (χ3n) is 6.36. The third kappa shape index (κ3) is 5.06. The van der Waals surface area contributed by atoms with Crippen LogP contribution in [0.15, 0.2) is 94.9 Å². The highest BCUT2D eigenvalue weighted by Gasteiger charge is 2.27. The van der Waals surface area contributed by atoms with Gasteiger partial charge in [-0.15, -0.1) is 0 Å². The van der Waals surface area contributed by atoms with E-state index in [1.807, 2.05) is 19.1 Å². The van der Waals surface area contributed by atoms with Crippen molar-refractivity contribution in [1.82, 2.24) is 5.43 Å². The van der Waals surface area contributed by atoms with Gasteiger partial charge in [0.15, 0.2) is 0 Å². The van der Waals surface area contributed by atoms with Crippen molar-refractivity contribution in [2.75, 3.05) is 17.5 Å². The Hall–Kier alpha value is -4.17. The van der Waals surface area contributed by atoms with Gasteiger partial charge in [0.05, 0.1) is 23.4 Å². The molecule has 0 unspecified atom stereocenters. The summed E-state index contributed by atoms with van der Waals surface area (Å²) >= 11 is 0. The topological polar surface area (TPSA) is 88.1 Å². The molecule has 0 heterocycles. The van der Waals surface area contributed by atoms with Crippen LogP contribution < -0.4 is 14.5 Å². The molecule has 1 N–H and O–H groups in total. The molecule has 0 aromatic heterocycles. The Morgan fingerprint density at radius 1 is 0.946 bits per heavy atom. The Balaban J connectivity index is 1.38. The van der Waals surface area contributed by atoms with Crippen molar-refractivity contribution in [3.63, 3.8) is 0 Å². The number of hydrogen-bond donors (Lipinski definition) is 1. The molecule has 5 rings (SSSR count). The molecule has 8 heteroatoms. The van der Waals surface area contributed by atoms with E-state index < -0.39 is 22.5 Å². The average molecular weight is 514 g/mol. The number of rotatable bonds is 9. The van der Waals surface area contributed by atoms with E-state index in [0.29, 0.717) is 18.0 Å². The maximum absolute atomic E-state index is 13.5. The van der Waals surface area contributed by atoms with Crippen LogP contribution >= 0.6 is 0 Å². The molecule has 0 aliphatic heterocycles. The lowest BCUT2D eigenvalue weighted by atomic mass is 10.0. The summed E-state index contributed by atoms with van der Waals surface area (Å²) in [6.07, 6.45) is 3.66. The van der Waals surface area contributed by atoms with Gasteiger partial charge in [0.25, 0.3) is 15.9 Å². The number of hydrogen-bond acceptors (Lipinski definition) is 5. The predicted molar refractivity (Wildman–Crippen MR) is 146 cm³/mol. The molecule has 0 bridgehead atoms. The zero-order valence-corrected chi connectivity index (χ0v) is 21.2. The molecular formula is C29H27N3O4S. The van der Waals surface area contributed by atoms with Crippen LogP contribution in [0.5, 0.6) is 5.75 Å². The summed E-state index contributed by atoms with van der Waals surface area (Å²) in [5.41, 5.74) is 6.38. The second-order valence-electron chi connectivity index (χ2n) is 8.70. The van der Waals surface area contributed by atoms with Crippen LogP contribution in [-0.2, 0) is 27.7 Å². The zero-order chi connectivity index (χ0) is 25.8. The van der Waals surface area contributed by atoms with Gasteiger partial charge in [0.1, 0.15) is 12.3 Å². The molecule has 1 aliphatic rings. The van der Waals surface area contributed by atoms with Crippen LogP contribution in [0, 0.1) is 0 Å². The summed E-state index contributed by atoms with van der Waals surface area (Å²) in [4.78, 5) is 13.0. The number of nitrogens with one attached hydrogen (secondary N) is 1. The van der Waals surface area contributed by atoms with Gasteiger partial charge in [-0.05, 0) is 78.1 Å². The van der Waals surface area contributed by atoms with Crippen LogP contribution in [-0.4, -0.2) is 33.7 Å². The number of hydrazone groups is 1. The molecule has 1 amide bonds. The third-order valence-corrected chi connectivity index (χ3v) is 8.15. The standard InChI is InChI=1S/C29H27N3O4S/c1-2-36-25-17-15-24(16-18-25)32(37(34,35)26-8-4-3-5-9-26)20-28(33)31-30-19-23-14-13-22-12-11-21-7-6-10-27(23)29(21)22/h3-10,13-19H,2,11-12,20H2,1H3,(H,31,33)/b30-19+. The zero-order valence-electron chi connectivity index (χ0n) is 20.4. The molecule has 0 radical (unpaired) electrons. The monoisotopic (exact) mass is 513 g/mol. The molecule has 4 aromatic carbocycles. The lowest BCUT2D eigenvalue weighted by Crippen LogP contribution is -2.39. The normalized spacial score (nSPS) is 12.7. The molecule has 188 valence electrons. The minimum absolute atomic E-state index is 0.0908. The molecule has 1 aliphatic carbocycles. The fourth-order valence-corrected chi connectivity index (χ4v) is 6.07. The van der Waals surface area contributed by atoms with Crippen molar-refractivity contribution in [2.24, 2.45) is 5.10 Å². The molecule has 0 saturated carbocycles. The number of anilines is 1. The second-order valence-corrected chi connectivity index (χ2v) is 10.6. The first-order chi connectivity index (χ1) is 18.0. The van der Waals surface area contributed by atoms with Gasteiger partial charge in [-0.25, -0.2) is 13.8 Å². The molecule has 7 nitrogen and oxygen atoms in total. The minimum Gasteiger partial charge on any atom is -0.494 e. The fraction of sp³-hybridized carbons (Fsp3) is 0.172. The summed E-state index contributed by atoms with van der Waals surface area (Å²) < 4.78 is 33.5. The highest BCUT2D eigenvalue weighted by atomic mass is 32.2. The molecule has 37 heavy (non-hydrogen) atoms. The van der Waals surface area contributed by atoms with Crippen LogP contribution in [0.1, 0.15) is 23.6 Å². The molecule has 0 spiro atoms. The largest absolute Gasteiger partial charge is 0.494 e. The van der Waals surface area contributed by atoms with Gasteiger partial charge >= 0.3 is 0 Å². The number of ether oxygens (including phenoxy) is 1. The molecular weight excluding hydrogens is 486 g/mol.